The molecule has 0 aliphatic heterocycles. The minimum absolute atomic E-state index is 0.0217. The number of benzene rings is 4. The Balaban J connectivity index is 0.000000219. The molecule has 0 unspecified atom stereocenters. The van der Waals surface area contributed by atoms with Gasteiger partial charge in [-0.15, -0.1) is 0 Å². The van der Waals surface area contributed by atoms with Crippen molar-refractivity contribution in [2.45, 2.75) is 26.2 Å². The lowest BCUT2D eigenvalue weighted by atomic mass is 9.82. The first-order chi connectivity index (χ1) is 15.8. The average molecular weight is 435 g/mol. The molecule has 4 aromatic carbocycles. The molecule has 3 nitrogen and oxygen atoms in total. The lowest BCUT2D eigenvalue weighted by Crippen LogP contribution is -2.14. The van der Waals surface area contributed by atoms with Gasteiger partial charge in [0.2, 0.25) is 0 Å². The summed E-state index contributed by atoms with van der Waals surface area (Å²) in [6, 6.07) is 30.8. The number of aliphatic imine (C=N–C) groups is 1. The number of aryl methyl sites for hydroxylation is 1. The van der Waals surface area contributed by atoms with Crippen molar-refractivity contribution in [3.63, 3.8) is 0 Å². The summed E-state index contributed by atoms with van der Waals surface area (Å²) in [5, 5.41) is 9.82. The Kier molecular flexibility index (Phi) is 6.06. The molecule has 4 aromatic rings. The number of nitrogens with two attached hydrogens (primary N) is 1. The van der Waals surface area contributed by atoms with Gasteiger partial charge in [-0.1, -0.05) is 92.7 Å². The third-order valence-corrected chi connectivity index (χ3v) is 6.43. The van der Waals surface area contributed by atoms with E-state index in [9.17, 15) is 5.11 Å². The molecule has 1 aliphatic carbocycles. The highest BCUT2D eigenvalue weighted by molar-refractivity contribution is 5.97. The molecular weight excluding hydrogens is 404 g/mol. The highest BCUT2D eigenvalue weighted by Crippen LogP contribution is 2.51. The molecule has 1 aliphatic rings. The Hall–Kier alpha value is -3.85. The second-order valence-corrected chi connectivity index (χ2v) is 8.87. The van der Waals surface area contributed by atoms with Crippen molar-refractivity contribution >= 4 is 5.84 Å². The Morgan fingerprint density at radius 1 is 0.788 bits per heavy atom. The Bertz CT molecular complexity index is 1320. The zero-order chi connectivity index (χ0) is 23.6. The summed E-state index contributed by atoms with van der Waals surface area (Å²) in [6.07, 6.45) is 0. The van der Waals surface area contributed by atoms with Gasteiger partial charge in [-0.05, 0) is 58.0 Å². The number of hydrogen-bond acceptors (Lipinski definition) is 2. The molecule has 0 spiro atoms. The normalized spacial score (nSPS) is 13.5. The van der Waals surface area contributed by atoms with E-state index in [1.807, 2.05) is 43.3 Å². The summed E-state index contributed by atoms with van der Waals surface area (Å²) >= 11 is 0. The van der Waals surface area contributed by atoms with E-state index < -0.39 is 0 Å². The number of amidine groups is 1. The van der Waals surface area contributed by atoms with Crippen molar-refractivity contribution in [2.75, 3.05) is 7.05 Å². The van der Waals surface area contributed by atoms with Gasteiger partial charge in [-0.2, -0.15) is 0 Å². The van der Waals surface area contributed by atoms with Crippen LogP contribution in [0.4, 0.5) is 0 Å². The minimum Gasteiger partial charge on any atom is -0.508 e. The first kappa shape index (κ1) is 22.3. The lowest BCUT2D eigenvalue weighted by Gasteiger charge is -2.21. The number of aromatic hydroxyl groups is 1. The number of rotatable bonds is 2. The molecule has 0 saturated heterocycles. The molecular formula is C30H30N2O. The number of phenols is 1. The summed E-state index contributed by atoms with van der Waals surface area (Å²) in [5.74, 6) is 0.933. The summed E-state index contributed by atoms with van der Waals surface area (Å²) in [6.45, 7) is 6.53. The zero-order valence-corrected chi connectivity index (χ0v) is 19.6. The van der Waals surface area contributed by atoms with Gasteiger partial charge in [0.1, 0.15) is 11.6 Å². The molecule has 33 heavy (non-hydrogen) atoms. The van der Waals surface area contributed by atoms with E-state index in [1.165, 1.54) is 27.8 Å². The zero-order valence-electron chi connectivity index (χ0n) is 19.6. The maximum atomic E-state index is 9.82. The number of hydrogen-bond donors (Lipinski definition) is 2. The molecule has 0 radical (unpaired) electrons. The number of fused-ring (bicyclic) bond motifs is 3. The first-order valence-electron chi connectivity index (χ1n) is 11.2. The van der Waals surface area contributed by atoms with Gasteiger partial charge in [0, 0.05) is 18.0 Å². The van der Waals surface area contributed by atoms with Crippen molar-refractivity contribution in [3.8, 4) is 28.0 Å². The van der Waals surface area contributed by atoms with Crippen LogP contribution < -0.4 is 5.73 Å². The third-order valence-electron chi connectivity index (χ3n) is 6.43. The van der Waals surface area contributed by atoms with Crippen LogP contribution >= 0.6 is 0 Å². The maximum Gasteiger partial charge on any atom is 0.125 e. The van der Waals surface area contributed by atoms with Gasteiger partial charge < -0.3 is 10.8 Å². The molecule has 5 rings (SSSR count). The van der Waals surface area contributed by atoms with Crippen LogP contribution in [-0.2, 0) is 5.41 Å². The van der Waals surface area contributed by atoms with Crippen molar-refractivity contribution in [2.24, 2.45) is 10.7 Å². The van der Waals surface area contributed by atoms with E-state index in [0.717, 1.165) is 16.7 Å². The van der Waals surface area contributed by atoms with Crippen LogP contribution in [0.5, 0.6) is 5.75 Å². The van der Waals surface area contributed by atoms with E-state index in [0.29, 0.717) is 11.6 Å². The van der Waals surface area contributed by atoms with Crippen LogP contribution in [0.15, 0.2) is 96.0 Å². The van der Waals surface area contributed by atoms with E-state index >= 15 is 0 Å². The van der Waals surface area contributed by atoms with Gasteiger partial charge in [0.15, 0.2) is 0 Å². The van der Waals surface area contributed by atoms with Crippen LogP contribution in [0.25, 0.3) is 22.3 Å². The van der Waals surface area contributed by atoms with Crippen molar-refractivity contribution in [1.82, 2.24) is 0 Å². The predicted molar refractivity (Wildman–Crippen MR) is 139 cm³/mol. The third kappa shape index (κ3) is 4.14. The fourth-order valence-corrected chi connectivity index (χ4v) is 4.56. The van der Waals surface area contributed by atoms with Crippen LogP contribution in [0, 0.1) is 6.92 Å². The molecule has 0 saturated carbocycles. The molecule has 166 valence electrons. The minimum atomic E-state index is 0.0217. The van der Waals surface area contributed by atoms with E-state index in [-0.39, 0.29) is 5.41 Å². The number of nitrogens with zero attached hydrogens (tertiary/aromatic N) is 1. The van der Waals surface area contributed by atoms with Gasteiger partial charge in [0.05, 0.1) is 0 Å². The SMILES string of the molecule is CN=C(N)c1ccccc1.Cc1cc(-c2cccc3c2-c2ccccc2C3(C)C)ccc1O. The van der Waals surface area contributed by atoms with Crippen LogP contribution in [-0.4, -0.2) is 18.0 Å². The standard InChI is InChI=1S/C22H20O.C8H10N2/c1-14-13-15(11-12-20(14)23)16-8-6-10-19-21(16)17-7-4-5-9-18(17)22(19,2)3;1-10-8(9)7-5-3-2-4-6-7/h4-13,23H,1-3H3;2-6H,1H3,(H2,9,10). The van der Waals surface area contributed by atoms with E-state index in [4.69, 9.17) is 5.73 Å². The maximum absolute atomic E-state index is 9.82. The highest BCUT2D eigenvalue weighted by atomic mass is 16.3. The molecule has 0 amide bonds. The van der Waals surface area contributed by atoms with Gasteiger partial charge in [-0.25, -0.2) is 0 Å². The van der Waals surface area contributed by atoms with Gasteiger partial charge in [0.25, 0.3) is 0 Å². The Labute approximate surface area is 196 Å². The number of phenolic OH excluding ortho intramolecular Hbond substituents is 1. The molecule has 3 N–H and O–H groups in total. The Morgan fingerprint density at radius 3 is 2.12 bits per heavy atom. The van der Waals surface area contributed by atoms with Gasteiger partial charge >= 0.3 is 0 Å². The molecule has 3 heteroatoms. The van der Waals surface area contributed by atoms with Crippen molar-refractivity contribution in [1.29, 1.82) is 0 Å². The summed E-state index contributed by atoms with van der Waals surface area (Å²) < 4.78 is 0. The molecule has 0 bridgehead atoms. The fraction of sp³-hybridized carbons (Fsp3) is 0.167. The summed E-state index contributed by atoms with van der Waals surface area (Å²) in [4.78, 5) is 3.85. The fourth-order valence-electron chi connectivity index (χ4n) is 4.56. The van der Waals surface area contributed by atoms with Crippen LogP contribution in [0.3, 0.4) is 0 Å². The monoisotopic (exact) mass is 434 g/mol. The lowest BCUT2D eigenvalue weighted by molar-refractivity contribution is 0.471. The highest BCUT2D eigenvalue weighted by Gasteiger charge is 2.36. The van der Waals surface area contributed by atoms with Crippen LogP contribution in [0.2, 0.25) is 0 Å². The molecule has 0 fully saturated rings. The molecule has 0 aromatic heterocycles. The predicted octanol–water partition coefficient (Wildman–Crippen LogP) is 6.70. The van der Waals surface area contributed by atoms with E-state index in [1.54, 1.807) is 13.1 Å². The summed E-state index contributed by atoms with van der Waals surface area (Å²) in [5.41, 5.74) is 15.3. The first-order valence-corrected chi connectivity index (χ1v) is 11.2. The summed E-state index contributed by atoms with van der Waals surface area (Å²) in [7, 11) is 1.68. The van der Waals surface area contributed by atoms with Gasteiger partial charge in [-0.3, -0.25) is 4.99 Å². The largest absolute Gasteiger partial charge is 0.508 e. The van der Waals surface area contributed by atoms with Crippen molar-refractivity contribution in [3.05, 3.63) is 113 Å². The quantitative estimate of drug-likeness (QED) is 0.272. The molecule has 0 atom stereocenters. The smallest absolute Gasteiger partial charge is 0.125 e. The van der Waals surface area contributed by atoms with E-state index in [2.05, 4.69) is 67.4 Å². The topological polar surface area (TPSA) is 58.6 Å². The van der Waals surface area contributed by atoms with Crippen molar-refractivity contribution < 1.29 is 5.11 Å². The Morgan fingerprint density at radius 2 is 1.42 bits per heavy atom. The average Bonchev–Trinajstić information content (AvgIpc) is 3.08. The second-order valence-electron chi connectivity index (χ2n) is 8.87. The second kappa shape index (κ2) is 8.95. The molecule has 0 heterocycles. The van der Waals surface area contributed by atoms with Crippen LogP contribution in [0.1, 0.15) is 36.1 Å².